The molecule has 0 saturated heterocycles. The first-order valence-corrected chi connectivity index (χ1v) is 7.64. The number of hydrogen-bond donors (Lipinski definition) is 1. The van der Waals surface area contributed by atoms with Crippen LogP contribution < -0.4 is 15.0 Å². The Labute approximate surface area is 140 Å². The molecule has 0 radical (unpaired) electrons. The average Bonchev–Trinajstić information content (AvgIpc) is 2.74. The number of nitrogens with one attached hydrogen (secondary N) is 1. The number of hydrogen-bond acceptors (Lipinski definition) is 4. The third-order valence-electron chi connectivity index (χ3n) is 3.73. The second kappa shape index (κ2) is 7.04. The molecule has 24 heavy (non-hydrogen) atoms. The van der Waals surface area contributed by atoms with E-state index in [2.05, 4.69) is 5.32 Å². The number of carbonyl (C=O) groups excluding carboxylic acids is 2. The fourth-order valence-electron chi connectivity index (χ4n) is 2.41. The lowest BCUT2D eigenvalue weighted by molar-refractivity contribution is -0.118. The van der Waals surface area contributed by atoms with Crippen molar-refractivity contribution in [1.82, 2.24) is 0 Å². The molecule has 0 aliphatic carbocycles. The molecule has 0 spiro atoms. The van der Waals surface area contributed by atoms with E-state index in [-0.39, 0.29) is 12.5 Å². The van der Waals surface area contributed by atoms with Gasteiger partial charge in [0.15, 0.2) is 0 Å². The maximum atomic E-state index is 11.9. The van der Waals surface area contributed by atoms with Gasteiger partial charge in [-0.15, -0.1) is 0 Å². The summed E-state index contributed by atoms with van der Waals surface area (Å²) in [5.41, 5.74) is 2.07. The Kier molecular flexibility index (Phi) is 4.65. The number of rotatable bonds is 3. The fourth-order valence-corrected chi connectivity index (χ4v) is 2.41. The largest absolute Gasteiger partial charge is 0.491 e. The van der Waals surface area contributed by atoms with Crippen LogP contribution in [0.15, 0.2) is 48.5 Å². The summed E-state index contributed by atoms with van der Waals surface area (Å²) < 4.78 is 10.7. The molecule has 0 unspecified atom stereocenters. The molecule has 1 N–H and O–H groups in total. The molecule has 3 rings (SSSR count). The van der Waals surface area contributed by atoms with Crippen molar-refractivity contribution in [3.63, 3.8) is 0 Å². The van der Waals surface area contributed by atoms with E-state index in [0.29, 0.717) is 30.2 Å². The number of amides is 2. The minimum atomic E-state index is -0.553. The van der Waals surface area contributed by atoms with Crippen LogP contribution in [0.4, 0.5) is 16.2 Å². The van der Waals surface area contributed by atoms with Crippen molar-refractivity contribution in [3.8, 4) is 5.75 Å². The zero-order valence-corrected chi connectivity index (χ0v) is 13.3. The number of anilines is 2. The van der Waals surface area contributed by atoms with Gasteiger partial charge in [0.25, 0.3) is 0 Å². The Bertz CT molecular complexity index is 746. The van der Waals surface area contributed by atoms with Gasteiger partial charge in [-0.2, -0.15) is 0 Å². The van der Waals surface area contributed by atoms with Gasteiger partial charge in [0.2, 0.25) is 5.91 Å². The van der Waals surface area contributed by atoms with Crippen molar-refractivity contribution < 1.29 is 19.1 Å². The van der Waals surface area contributed by atoms with Crippen LogP contribution in [-0.4, -0.2) is 25.7 Å². The van der Waals surface area contributed by atoms with Gasteiger partial charge < -0.3 is 14.4 Å². The van der Waals surface area contributed by atoms with Gasteiger partial charge in [0, 0.05) is 12.7 Å². The lowest BCUT2D eigenvalue weighted by Gasteiger charge is -2.17. The Balaban J connectivity index is 1.66. The molecule has 1 heterocycles. The average molecular weight is 326 g/mol. The zero-order chi connectivity index (χ0) is 16.9. The Morgan fingerprint density at radius 1 is 1.25 bits per heavy atom. The molecular formula is C18H18N2O4. The van der Waals surface area contributed by atoms with Crippen LogP contribution >= 0.6 is 0 Å². The number of fused-ring (bicyclic) bond motifs is 1. The molecule has 1 aliphatic heterocycles. The highest BCUT2D eigenvalue weighted by Gasteiger charge is 2.20. The molecule has 2 amide bonds. The minimum absolute atomic E-state index is 0.0300. The van der Waals surface area contributed by atoms with Crippen LogP contribution in [-0.2, 0) is 16.1 Å². The van der Waals surface area contributed by atoms with E-state index in [4.69, 9.17) is 9.47 Å². The second-order valence-corrected chi connectivity index (χ2v) is 5.42. The van der Waals surface area contributed by atoms with Gasteiger partial charge in [-0.05, 0) is 23.8 Å². The highest BCUT2D eigenvalue weighted by molar-refractivity contribution is 5.96. The number of carbonyl (C=O) groups is 2. The summed E-state index contributed by atoms with van der Waals surface area (Å²) in [7, 11) is 1.69. The van der Waals surface area contributed by atoms with Gasteiger partial charge in [0.1, 0.15) is 12.4 Å². The molecule has 0 saturated carbocycles. The summed E-state index contributed by atoms with van der Waals surface area (Å²) in [6, 6.07) is 14.6. The summed E-state index contributed by atoms with van der Waals surface area (Å²) in [6.45, 7) is 0.543. The van der Waals surface area contributed by atoms with Gasteiger partial charge >= 0.3 is 6.09 Å². The fraction of sp³-hybridized carbons (Fsp3) is 0.222. The molecule has 0 aromatic heterocycles. The van der Waals surface area contributed by atoms with Crippen LogP contribution in [0, 0.1) is 0 Å². The predicted octanol–water partition coefficient (Wildman–Crippen LogP) is 3.18. The molecule has 6 heteroatoms. The lowest BCUT2D eigenvalue weighted by atomic mass is 10.2. The van der Waals surface area contributed by atoms with E-state index in [1.54, 1.807) is 25.2 Å². The predicted molar refractivity (Wildman–Crippen MR) is 90.2 cm³/mol. The van der Waals surface area contributed by atoms with E-state index < -0.39 is 6.09 Å². The standard InChI is InChI=1S/C18H18N2O4/c1-20-15-11-14(7-8-16(15)23-10-9-17(20)21)19-18(22)24-12-13-5-3-2-4-6-13/h2-8,11H,9-10,12H2,1H3,(H,19,22). The molecule has 0 bridgehead atoms. The molecule has 1 aliphatic rings. The van der Waals surface area contributed by atoms with Crippen molar-refractivity contribution in [2.75, 3.05) is 23.9 Å². The summed E-state index contributed by atoms with van der Waals surface area (Å²) in [5, 5.41) is 2.66. The number of nitrogens with zero attached hydrogens (tertiary/aromatic N) is 1. The molecule has 6 nitrogen and oxygen atoms in total. The maximum Gasteiger partial charge on any atom is 0.411 e. The smallest absolute Gasteiger partial charge is 0.411 e. The van der Waals surface area contributed by atoms with Crippen LogP contribution in [0.25, 0.3) is 0 Å². The third-order valence-corrected chi connectivity index (χ3v) is 3.73. The molecule has 0 fully saturated rings. The highest BCUT2D eigenvalue weighted by atomic mass is 16.5. The summed E-state index contributed by atoms with van der Waals surface area (Å²) in [4.78, 5) is 25.4. The van der Waals surface area contributed by atoms with Crippen molar-refractivity contribution in [1.29, 1.82) is 0 Å². The molecule has 0 atom stereocenters. The Morgan fingerprint density at radius 2 is 2.04 bits per heavy atom. The molecule has 2 aromatic rings. The monoisotopic (exact) mass is 326 g/mol. The zero-order valence-electron chi connectivity index (χ0n) is 13.3. The molecular weight excluding hydrogens is 308 g/mol. The van der Waals surface area contributed by atoms with E-state index in [9.17, 15) is 9.59 Å². The number of benzene rings is 2. The van der Waals surface area contributed by atoms with Gasteiger partial charge in [-0.1, -0.05) is 30.3 Å². The first-order valence-electron chi connectivity index (χ1n) is 7.64. The van der Waals surface area contributed by atoms with Crippen molar-refractivity contribution in [2.45, 2.75) is 13.0 Å². The normalized spacial score (nSPS) is 13.5. The van der Waals surface area contributed by atoms with E-state index in [0.717, 1.165) is 5.56 Å². The van der Waals surface area contributed by atoms with Crippen LogP contribution in [0.2, 0.25) is 0 Å². The Hall–Kier alpha value is -3.02. The van der Waals surface area contributed by atoms with Crippen LogP contribution in [0.1, 0.15) is 12.0 Å². The quantitative estimate of drug-likeness (QED) is 0.940. The van der Waals surface area contributed by atoms with Crippen molar-refractivity contribution in [2.24, 2.45) is 0 Å². The van der Waals surface area contributed by atoms with Gasteiger partial charge in [-0.3, -0.25) is 10.1 Å². The second-order valence-electron chi connectivity index (χ2n) is 5.42. The van der Waals surface area contributed by atoms with Crippen molar-refractivity contribution >= 4 is 23.4 Å². The minimum Gasteiger partial charge on any atom is -0.491 e. The van der Waals surface area contributed by atoms with Crippen LogP contribution in [0.3, 0.4) is 0 Å². The van der Waals surface area contributed by atoms with Crippen molar-refractivity contribution in [3.05, 3.63) is 54.1 Å². The van der Waals surface area contributed by atoms with Gasteiger partial charge in [0.05, 0.1) is 18.7 Å². The Morgan fingerprint density at radius 3 is 2.83 bits per heavy atom. The lowest BCUT2D eigenvalue weighted by Crippen LogP contribution is -2.25. The number of ether oxygens (including phenoxy) is 2. The summed E-state index contributed by atoms with van der Waals surface area (Å²) in [6.07, 6.45) is -0.227. The first-order chi connectivity index (χ1) is 11.6. The highest BCUT2D eigenvalue weighted by Crippen LogP contribution is 2.33. The summed E-state index contributed by atoms with van der Waals surface area (Å²) >= 11 is 0. The van der Waals surface area contributed by atoms with E-state index >= 15 is 0 Å². The molecule has 2 aromatic carbocycles. The third kappa shape index (κ3) is 3.65. The van der Waals surface area contributed by atoms with E-state index in [1.165, 1.54) is 4.90 Å². The molecule has 124 valence electrons. The topological polar surface area (TPSA) is 67.9 Å². The maximum absolute atomic E-state index is 11.9. The van der Waals surface area contributed by atoms with Gasteiger partial charge in [-0.25, -0.2) is 4.79 Å². The first kappa shape index (κ1) is 15.9. The van der Waals surface area contributed by atoms with E-state index in [1.807, 2.05) is 30.3 Å². The summed E-state index contributed by atoms with van der Waals surface area (Å²) in [5.74, 6) is 0.587. The van der Waals surface area contributed by atoms with Crippen LogP contribution in [0.5, 0.6) is 5.75 Å². The SMILES string of the molecule is CN1C(=O)CCOc2ccc(NC(=O)OCc3ccccc3)cc21.